The molecule has 1 aliphatic heterocycles. The van der Waals surface area contributed by atoms with Gasteiger partial charge in [-0.15, -0.1) is 0 Å². The first-order valence-corrected chi connectivity index (χ1v) is 4.98. The number of nitrogens with zero attached hydrogens (tertiary/aromatic N) is 3. The van der Waals surface area contributed by atoms with Gasteiger partial charge in [0.05, 0.1) is 5.92 Å². The Morgan fingerprint density at radius 1 is 1.53 bits per heavy atom. The topological polar surface area (TPSA) is 45.6 Å². The van der Waals surface area contributed by atoms with Crippen LogP contribution in [0.25, 0.3) is 0 Å². The standard InChI is InChI=1S/C10H10ClN3O/c1-6-7(2)13-14(10(6)15)8-4-3-5-12-9(8)11/h3-6H,1-2H3. The summed E-state index contributed by atoms with van der Waals surface area (Å²) in [6.07, 6.45) is 1.58. The van der Waals surface area contributed by atoms with E-state index in [9.17, 15) is 4.79 Å². The predicted molar refractivity (Wildman–Crippen MR) is 59.0 cm³/mol. The van der Waals surface area contributed by atoms with Gasteiger partial charge in [-0.05, 0) is 26.0 Å². The maximum absolute atomic E-state index is 11.8. The fraction of sp³-hybridized carbons (Fsp3) is 0.300. The Bertz CT molecular complexity index is 444. The fourth-order valence-corrected chi connectivity index (χ4v) is 1.56. The van der Waals surface area contributed by atoms with Crippen molar-refractivity contribution in [2.75, 3.05) is 5.01 Å². The highest BCUT2D eigenvalue weighted by atomic mass is 35.5. The normalized spacial score (nSPS) is 20.7. The van der Waals surface area contributed by atoms with E-state index < -0.39 is 0 Å². The van der Waals surface area contributed by atoms with Gasteiger partial charge in [-0.1, -0.05) is 11.6 Å². The molecule has 0 aliphatic carbocycles. The zero-order valence-corrected chi connectivity index (χ0v) is 9.19. The highest BCUT2D eigenvalue weighted by Crippen LogP contribution is 2.28. The summed E-state index contributed by atoms with van der Waals surface area (Å²) in [5, 5.41) is 5.76. The van der Waals surface area contributed by atoms with Gasteiger partial charge in [-0.2, -0.15) is 10.1 Å². The highest BCUT2D eigenvalue weighted by Gasteiger charge is 2.31. The summed E-state index contributed by atoms with van der Waals surface area (Å²) in [7, 11) is 0. The van der Waals surface area contributed by atoms with E-state index in [-0.39, 0.29) is 17.0 Å². The van der Waals surface area contributed by atoms with Crippen molar-refractivity contribution < 1.29 is 4.79 Å². The second-order valence-corrected chi connectivity index (χ2v) is 3.78. The third-order valence-corrected chi connectivity index (χ3v) is 2.72. The largest absolute Gasteiger partial charge is 0.272 e. The molecule has 4 nitrogen and oxygen atoms in total. The molecule has 1 aliphatic rings. The molecule has 15 heavy (non-hydrogen) atoms. The Balaban J connectivity index is 2.42. The van der Waals surface area contributed by atoms with E-state index in [1.165, 1.54) is 5.01 Å². The van der Waals surface area contributed by atoms with Gasteiger partial charge in [0.25, 0.3) is 5.91 Å². The molecule has 0 saturated heterocycles. The Morgan fingerprint density at radius 3 is 2.80 bits per heavy atom. The molecular formula is C10H10ClN3O. The van der Waals surface area contributed by atoms with Gasteiger partial charge < -0.3 is 0 Å². The van der Waals surface area contributed by atoms with Crippen molar-refractivity contribution in [1.82, 2.24) is 4.98 Å². The van der Waals surface area contributed by atoms with Gasteiger partial charge in [0.2, 0.25) is 0 Å². The van der Waals surface area contributed by atoms with Crippen molar-refractivity contribution in [1.29, 1.82) is 0 Å². The number of rotatable bonds is 1. The Morgan fingerprint density at radius 2 is 2.27 bits per heavy atom. The zero-order valence-electron chi connectivity index (χ0n) is 8.44. The number of hydrazone groups is 1. The fourth-order valence-electron chi connectivity index (χ4n) is 1.36. The van der Waals surface area contributed by atoms with Crippen LogP contribution in [0.2, 0.25) is 5.15 Å². The molecule has 2 heterocycles. The molecule has 2 rings (SSSR count). The summed E-state index contributed by atoms with van der Waals surface area (Å²) in [6, 6.07) is 3.45. The number of hydrogen-bond acceptors (Lipinski definition) is 3. The molecule has 78 valence electrons. The van der Waals surface area contributed by atoms with Crippen molar-refractivity contribution >= 4 is 28.9 Å². The predicted octanol–water partition coefficient (Wildman–Crippen LogP) is 2.09. The van der Waals surface area contributed by atoms with Gasteiger partial charge in [-0.3, -0.25) is 4.79 Å². The lowest BCUT2D eigenvalue weighted by atomic mass is 10.1. The van der Waals surface area contributed by atoms with Crippen LogP contribution < -0.4 is 5.01 Å². The molecule has 0 aromatic carbocycles. The molecule has 0 saturated carbocycles. The highest BCUT2D eigenvalue weighted by molar-refractivity contribution is 6.33. The second kappa shape index (κ2) is 3.62. The van der Waals surface area contributed by atoms with Gasteiger partial charge in [0.1, 0.15) is 5.69 Å². The number of aromatic nitrogens is 1. The number of hydrogen-bond donors (Lipinski definition) is 0. The van der Waals surface area contributed by atoms with Crippen molar-refractivity contribution in [2.45, 2.75) is 13.8 Å². The van der Waals surface area contributed by atoms with E-state index in [0.717, 1.165) is 5.71 Å². The van der Waals surface area contributed by atoms with Crippen LogP contribution in [0, 0.1) is 5.92 Å². The molecule has 1 aromatic rings. The summed E-state index contributed by atoms with van der Waals surface area (Å²) in [6.45, 7) is 3.65. The number of carbonyl (C=O) groups excluding carboxylic acids is 1. The van der Waals surface area contributed by atoms with E-state index in [1.807, 2.05) is 13.8 Å². The number of halogens is 1. The van der Waals surface area contributed by atoms with E-state index in [2.05, 4.69) is 10.1 Å². The zero-order chi connectivity index (χ0) is 11.0. The minimum atomic E-state index is -0.179. The van der Waals surface area contributed by atoms with Gasteiger partial charge >= 0.3 is 0 Å². The minimum absolute atomic E-state index is 0.0672. The van der Waals surface area contributed by atoms with Crippen LogP contribution in [0.1, 0.15) is 13.8 Å². The van der Waals surface area contributed by atoms with Crippen molar-refractivity contribution in [3.8, 4) is 0 Å². The van der Waals surface area contributed by atoms with Crippen LogP contribution in [0.4, 0.5) is 5.69 Å². The third-order valence-electron chi connectivity index (χ3n) is 2.43. The molecule has 0 spiro atoms. The first-order valence-electron chi connectivity index (χ1n) is 4.61. The Labute approximate surface area is 92.6 Å². The maximum atomic E-state index is 11.8. The summed E-state index contributed by atoms with van der Waals surface area (Å²) in [5.74, 6) is -0.247. The lowest BCUT2D eigenvalue weighted by molar-refractivity contribution is -0.119. The first kappa shape index (κ1) is 10.1. The number of anilines is 1. The molecule has 1 unspecified atom stereocenters. The summed E-state index contributed by atoms with van der Waals surface area (Å²) >= 11 is 5.89. The molecule has 0 bridgehead atoms. The van der Waals surface area contributed by atoms with Crippen molar-refractivity contribution in [3.63, 3.8) is 0 Å². The van der Waals surface area contributed by atoms with Gasteiger partial charge in [0, 0.05) is 11.9 Å². The summed E-state index contributed by atoms with van der Waals surface area (Å²) in [5.41, 5.74) is 1.33. The second-order valence-electron chi connectivity index (χ2n) is 3.43. The molecule has 1 atom stereocenters. The Kier molecular flexibility index (Phi) is 2.44. The lowest BCUT2D eigenvalue weighted by Crippen LogP contribution is -2.25. The Hall–Kier alpha value is -1.42. The van der Waals surface area contributed by atoms with Crippen molar-refractivity contribution in [3.05, 3.63) is 23.5 Å². The van der Waals surface area contributed by atoms with Crippen molar-refractivity contribution in [2.24, 2.45) is 11.0 Å². The summed E-state index contributed by atoms with van der Waals surface area (Å²) < 4.78 is 0. The number of pyridine rings is 1. The van der Waals surface area contributed by atoms with Crippen LogP contribution in [0.3, 0.4) is 0 Å². The average Bonchev–Trinajstić information content (AvgIpc) is 2.47. The molecular weight excluding hydrogens is 214 g/mol. The lowest BCUT2D eigenvalue weighted by Gasteiger charge is -2.13. The van der Waals surface area contributed by atoms with Crippen LogP contribution >= 0.6 is 11.6 Å². The van der Waals surface area contributed by atoms with Gasteiger partial charge in [0.15, 0.2) is 5.15 Å². The van der Waals surface area contributed by atoms with E-state index >= 15 is 0 Å². The first-order chi connectivity index (χ1) is 7.11. The molecule has 0 N–H and O–H groups in total. The SMILES string of the molecule is CC1=NN(c2cccnc2Cl)C(=O)C1C. The van der Waals surface area contributed by atoms with Crippen LogP contribution in [0.15, 0.2) is 23.4 Å². The van der Waals surface area contributed by atoms with E-state index in [4.69, 9.17) is 11.6 Å². The monoisotopic (exact) mass is 223 g/mol. The average molecular weight is 224 g/mol. The molecule has 0 fully saturated rings. The maximum Gasteiger partial charge on any atom is 0.256 e. The molecule has 5 heteroatoms. The van der Waals surface area contributed by atoms with Crippen LogP contribution in [-0.4, -0.2) is 16.6 Å². The van der Waals surface area contributed by atoms with E-state index in [0.29, 0.717) is 5.69 Å². The summed E-state index contributed by atoms with van der Waals surface area (Å²) in [4.78, 5) is 15.7. The third kappa shape index (κ3) is 1.61. The smallest absolute Gasteiger partial charge is 0.256 e. The molecule has 1 aromatic heterocycles. The van der Waals surface area contributed by atoms with Crippen LogP contribution in [-0.2, 0) is 4.79 Å². The minimum Gasteiger partial charge on any atom is -0.272 e. The van der Waals surface area contributed by atoms with Gasteiger partial charge in [-0.25, -0.2) is 4.98 Å². The molecule has 1 amide bonds. The quantitative estimate of drug-likeness (QED) is 0.685. The number of amides is 1. The van der Waals surface area contributed by atoms with Crippen LogP contribution in [0.5, 0.6) is 0 Å². The molecule has 0 radical (unpaired) electrons. The number of carbonyl (C=O) groups is 1. The van der Waals surface area contributed by atoms with E-state index in [1.54, 1.807) is 18.3 Å².